The zero-order valence-corrected chi connectivity index (χ0v) is 12.0. The molecule has 8 heteroatoms. The highest BCUT2D eigenvalue weighted by atomic mass is 16.5. The molecule has 1 heterocycles. The molecule has 0 aliphatic rings. The van der Waals surface area contributed by atoms with Gasteiger partial charge in [-0.3, -0.25) is 4.79 Å². The first-order valence-electron chi connectivity index (χ1n) is 6.74. The van der Waals surface area contributed by atoms with Crippen LogP contribution in [0.25, 0.3) is 0 Å². The molecule has 1 aromatic carbocycles. The molecule has 8 nitrogen and oxygen atoms in total. The number of nitrogens with zero attached hydrogens (tertiary/aromatic N) is 3. The molecule has 0 bridgehead atoms. The number of ether oxygens (including phenoxy) is 1. The molecule has 0 aliphatic carbocycles. The van der Waals surface area contributed by atoms with Gasteiger partial charge in [-0.25, -0.2) is 9.48 Å². The number of carbonyl (C=O) groups is 2. The Labute approximate surface area is 126 Å². The van der Waals surface area contributed by atoms with Gasteiger partial charge in [-0.1, -0.05) is 18.2 Å². The minimum atomic E-state index is -1.19. The summed E-state index contributed by atoms with van der Waals surface area (Å²) in [5.74, 6) is -0.851. The lowest BCUT2D eigenvalue weighted by Crippen LogP contribution is -2.19. The first kappa shape index (κ1) is 15.5. The van der Waals surface area contributed by atoms with Crippen LogP contribution in [0.4, 0.5) is 5.69 Å². The quantitative estimate of drug-likeness (QED) is 0.801. The van der Waals surface area contributed by atoms with Crippen LogP contribution in [0.15, 0.2) is 30.5 Å². The fraction of sp³-hybridized carbons (Fsp3) is 0.286. The third-order valence-electron chi connectivity index (χ3n) is 2.65. The summed E-state index contributed by atoms with van der Waals surface area (Å²) in [5, 5.41) is 18.4. The lowest BCUT2D eigenvalue weighted by molar-refractivity contribution is -0.116. The number of benzene rings is 1. The standard InChI is InChI=1S/C14H16N4O4/c1-2-6-22-11-5-3-4-10(7-11)15-13(19)9-18-8-12(14(20)21)16-17-18/h3-5,7-8H,2,6,9H2,1H3,(H,15,19)(H,20,21). The predicted octanol–water partition coefficient (Wildman–Crippen LogP) is 1.40. The topological polar surface area (TPSA) is 106 Å². The molecular formula is C14H16N4O4. The molecule has 1 aromatic heterocycles. The minimum absolute atomic E-state index is 0.125. The molecule has 1 amide bonds. The Morgan fingerprint density at radius 3 is 2.91 bits per heavy atom. The van der Waals surface area contributed by atoms with Gasteiger partial charge in [-0.05, 0) is 18.6 Å². The second kappa shape index (κ2) is 7.21. The summed E-state index contributed by atoms with van der Waals surface area (Å²) in [6.45, 7) is 2.49. The van der Waals surface area contributed by atoms with Crippen molar-refractivity contribution in [2.45, 2.75) is 19.9 Å². The normalized spacial score (nSPS) is 10.2. The van der Waals surface area contributed by atoms with E-state index in [4.69, 9.17) is 9.84 Å². The first-order valence-corrected chi connectivity index (χ1v) is 6.74. The van der Waals surface area contributed by atoms with Crippen molar-refractivity contribution in [1.82, 2.24) is 15.0 Å². The highest BCUT2D eigenvalue weighted by Gasteiger charge is 2.11. The Kier molecular flexibility index (Phi) is 5.07. The Morgan fingerprint density at radius 1 is 1.41 bits per heavy atom. The van der Waals surface area contributed by atoms with Crippen LogP contribution >= 0.6 is 0 Å². The van der Waals surface area contributed by atoms with E-state index in [2.05, 4.69) is 15.6 Å². The minimum Gasteiger partial charge on any atom is -0.494 e. The summed E-state index contributed by atoms with van der Waals surface area (Å²) in [4.78, 5) is 22.6. The van der Waals surface area contributed by atoms with E-state index >= 15 is 0 Å². The summed E-state index contributed by atoms with van der Waals surface area (Å²) in [7, 11) is 0. The van der Waals surface area contributed by atoms with Crippen molar-refractivity contribution >= 4 is 17.6 Å². The summed E-state index contributed by atoms with van der Waals surface area (Å²) in [6, 6.07) is 7.04. The van der Waals surface area contributed by atoms with Crippen molar-refractivity contribution in [3.05, 3.63) is 36.2 Å². The van der Waals surface area contributed by atoms with Crippen molar-refractivity contribution in [3.8, 4) is 5.75 Å². The van der Waals surface area contributed by atoms with Crippen LogP contribution in [-0.4, -0.2) is 38.6 Å². The SMILES string of the molecule is CCCOc1cccc(NC(=O)Cn2cc(C(=O)O)nn2)c1. The molecule has 0 unspecified atom stereocenters. The smallest absolute Gasteiger partial charge is 0.358 e. The van der Waals surface area contributed by atoms with E-state index in [0.29, 0.717) is 18.0 Å². The van der Waals surface area contributed by atoms with Crippen molar-refractivity contribution in [2.24, 2.45) is 0 Å². The molecule has 2 aromatic rings. The predicted molar refractivity (Wildman–Crippen MR) is 77.8 cm³/mol. The summed E-state index contributed by atoms with van der Waals surface area (Å²) < 4.78 is 6.64. The fourth-order valence-electron chi connectivity index (χ4n) is 1.70. The van der Waals surface area contributed by atoms with Gasteiger partial charge in [0.1, 0.15) is 12.3 Å². The highest BCUT2D eigenvalue weighted by Crippen LogP contribution is 2.17. The maximum absolute atomic E-state index is 11.9. The summed E-state index contributed by atoms with van der Waals surface area (Å²) in [5.41, 5.74) is 0.389. The number of carboxylic acid groups (broad SMARTS) is 1. The van der Waals surface area contributed by atoms with Gasteiger partial charge < -0.3 is 15.2 Å². The summed E-state index contributed by atoms with van der Waals surface area (Å²) >= 11 is 0. The molecule has 0 fully saturated rings. The van der Waals surface area contributed by atoms with Crippen molar-refractivity contribution in [2.75, 3.05) is 11.9 Å². The van der Waals surface area contributed by atoms with Gasteiger partial charge in [0, 0.05) is 11.8 Å². The fourth-order valence-corrected chi connectivity index (χ4v) is 1.70. The maximum Gasteiger partial charge on any atom is 0.358 e. The molecule has 0 aliphatic heterocycles. The number of nitrogens with one attached hydrogen (secondary N) is 1. The monoisotopic (exact) mass is 304 g/mol. The number of carboxylic acids is 1. The average molecular weight is 304 g/mol. The van der Waals surface area contributed by atoms with E-state index in [0.717, 1.165) is 11.1 Å². The van der Waals surface area contributed by atoms with E-state index in [1.165, 1.54) is 6.20 Å². The number of hydrogen-bond donors (Lipinski definition) is 2. The molecule has 0 spiro atoms. The second-order valence-corrected chi connectivity index (χ2v) is 4.53. The largest absolute Gasteiger partial charge is 0.494 e. The van der Waals surface area contributed by atoms with Crippen LogP contribution in [0.1, 0.15) is 23.8 Å². The Bertz CT molecular complexity index is 668. The van der Waals surface area contributed by atoms with Crippen molar-refractivity contribution in [1.29, 1.82) is 0 Å². The van der Waals surface area contributed by atoms with E-state index in [1.54, 1.807) is 18.2 Å². The van der Waals surface area contributed by atoms with E-state index in [1.807, 2.05) is 13.0 Å². The molecule has 2 rings (SSSR count). The number of aromatic nitrogens is 3. The van der Waals surface area contributed by atoms with Crippen LogP contribution in [0, 0.1) is 0 Å². The van der Waals surface area contributed by atoms with E-state index in [-0.39, 0.29) is 18.1 Å². The number of rotatable bonds is 7. The molecule has 0 radical (unpaired) electrons. The van der Waals surface area contributed by atoms with Gasteiger partial charge >= 0.3 is 5.97 Å². The van der Waals surface area contributed by atoms with Crippen molar-refractivity contribution in [3.63, 3.8) is 0 Å². The zero-order chi connectivity index (χ0) is 15.9. The highest BCUT2D eigenvalue weighted by molar-refractivity contribution is 5.91. The number of anilines is 1. The van der Waals surface area contributed by atoms with Gasteiger partial charge in [0.05, 0.1) is 12.8 Å². The molecule has 2 N–H and O–H groups in total. The van der Waals surface area contributed by atoms with Crippen molar-refractivity contribution < 1.29 is 19.4 Å². The van der Waals surface area contributed by atoms with Crippen LogP contribution < -0.4 is 10.1 Å². The van der Waals surface area contributed by atoms with Crippen LogP contribution in [-0.2, 0) is 11.3 Å². The molecule has 0 saturated carbocycles. The molecule has 22 heavy (non-hydrogen) atoms. The lowest BCUT2D eigenvalue weighted by atomic mass is 10.3. The van der Waals surface area contributed by atoms with Crippen LogP contribution in [0.3, 0.4) is 0 Å². The van der Waals surface area contributed by atoms with Gasteiger partial charge in [0.15, 0.2) is 5.69 Å². The average Bonchev–Trinajstić information content (AvgIpc) is 2.94. The molecule has 116 valence electrons. The number of hydrogen-bond acceptors (Lipinski definition) is 5. The molecule has 0 atom stereocenters. The number of amides is 1. The third-order valence-corrected chi connectivity index (χ3v) is 2.65. The van der Waals surface area contributed by atoms with Gasteiger partial charge in [0.2, 0.25) is 5.91 Å². The Balaban J connectivity index is 1.94. The number of carbonyl (C=O) groups excluding carboxylic acids is 1. The van der Waals surface area contributed by atoms with Gasteiger partial charge in [0.25, 0.3) is 0 Å². The second-order valence-electron chi connectivity index (χ2n) is 4.53. The van der Waals surface area contributed by atoms with Crippen LogP contribution in [0.2, 0.25) is 0 Å². The maximum atomic E-state index is 11.9. The Hall–Kier alpha value is -2.90. The number of aromatic carboxylic acids is 1. The zero-order valence-electron chi connectivity index (χ0n) is 12.0. The first-order chi connectivity index (χ1) is 10.6. The van der Waals surface area contributed by atoms with Gasteiger partial charge in [-0.2, -0.15) is 0 Å². The van der Waals surface area contributed by atoms with Crippen LogP contribution in [0.5, 0.6) is 5.75 Å². The van der Waals surface area contributed by atoms with E-state index < -0.39 is 5.97 Å². The van der Waals surface area contributed by atoms with Gasteiger partial charge in [-0.15, -0.1) is 5.10 Å². The molecule has 0 saturated heterocycles. The molecular weight excluding hydrogens is 288 g/mol. The van der Waals surface area contributed by atoms with E-state index in [9.17, 15) is 9.59 Å². The Morgan fingerprint density at radius 2 is 2.23 bits per heavy atom. The summed E-state index contributed by atoms with van der Waals surface area (Å²) in [6.07, 6.45) is 2.09. The third kappa shape index (κ3) is 4.30. The lowest BCUT2D eigenvalue weighted by Gasteiger charge is -2.08.